The number of aromatic nitrogens is 2. The van der Waals surface area contributed by atoms with E-state index in [1.165, 1.54) is 0 Å². The second-order valence-corrected chi connectivity index (χ2v) is 7.71. The van der Waals surface area contributed by atoms with E-state index in [1.54, 1.807) is 11.7 Å². The lowest BCUT2D eigenvalue weighted by molar-refractivity contribution is 0.384. The van der Waals surface area contributed by atoms with Crippen LogP contribution in [0.2, 0.25) is 5.15 Å². The van der Waals surface area contributed by atoms with E-state index >= 15 is 0 Å². The van der Waals surface area contributed by atoms with Gasteiger partial charge in [0.05, 0.1) is 17.2 Å². The minimum absolute atomic E-state index is 0.0330. The van der Waals surface area contributed by atoms with Gasteiger partial charge in [-0.25, -0.2) is 8.42 Å². The number of sulfone groups is 1. The van der Waals surface area contributed by atoms with E-state index in [0.717, 1.165) is 11.3 Å². The van der Waals surface area contributed by atoms with Gasteiger partial charge in [0.2, 0.25) is 0 Å². The molecule has 2 unspecified atom stereocenters. The zero-order valence-corrected chi connectivity index (χ0v) is 12.6. The molecule has 1 aromatic heterocycles. The SMILES string of the molecule is Cc1nn(C)c(Cl)c1CC(NN)C1CCS(=O)(=O)C1. The van der Waals surface area contributed by atoms with Crippen molar-refractivity contribution in [3.8, 4) is 0 Å². The molecule has 0 aromatic carbocycles. The second-order valence-electron chi connectivity index (χ2n) is 5.12. The molecule has 2 heterocycles. The molecular weight excluding hydrogens is 288 g/mol. The largest absolute Gasteiger partial charge is 0.271 e. The van der Waals surface area contributed by atoms with Crippen LogP contribution in [-0.4, -0.2) is 35.7 Å². The molecular formula is C11H19ClN4O2S. The van der Waals surface area contributed by atoms with E-state index < -0.39 is 9.84 Å². The number of hydrogen-bond acceptors (Lipinski definition) is 5. The van der Waals surface area contributed by atoms with Gasteiger partial charge in [-0.2, -0.15) is 5.10 Å². The van der Waals surface area contributed by atoms with Crippen LogP contribution >= 0.6 is 11.6 Å². The Kier molecular flexibility index (Phi) is 4.20. The highest BCUT2D eigenvalue weighted by molar-refractivity contribution is 7.91. The van der Waals surface area contributed by atoms with Crippen molar-refractivity contribution in [1.29, 1.82) is 0 Å². The molecule has 2 rings (SSSR count). The van der Waals surface area contributed by atoms with E-state index in [2.05, 4.69) is 10.5 Å². The zero-order valence-electron chi connectivity index (χ0n) is 11.1. The van der Waals surface area contributed by atoms with E-state index in [9.17, 15) is 8.42 Å². The molecule has 8 heteroatoms. The molecule has 1 fully saturated rings. The maximum Gasteiger partial charge on any atom is 0.150 e. The summed E-state index contributed by atoms with van der Waals surface area (Å²) in [7, 11) is -1.13. The fraction of sp³-hybridized carbons (Fsp3) is 0.727. The van der Waals surface area contributed by atoms with E-state index in [1.807, 2.05) is 6.92 Å². The molecule has 0 saturated carbocycles. The van der Waals surface area contributed by atoms with Gasteiger partial charge in [-0.15, -0.1) is 0 Å². The van der Waals surface area contributed by atoms with Crippen LogP contribution in [0, 0.1) is 12.8 Å². The van der Waals surface area contributed by atoms with Crippen molar-refractivity contribution < 1.29 is 8.42 Å². The van der Waals surface area contributed by atoms with Gasteiger partial charge in [-0.3, -0.25) is 16.0 Å². The van der Waals surface area contributed by atoms with Crippen LogP contribution in [0.15, 0.2) is 0 Å². The van der Waals surface area contributed by atoms with Gasteiger partial charge in [0.1, 0.15) is 5.15 Å². The standard InChI is InChI=1S/C11H19ClN4O2S/c1-7-9(11(12)16(2)15-7)5-10(14-13)8-3-4-19(17,18)6-8/h8,10,14H,3-6,13H2,1-2H3. The highest BCUT2D eigenvalue weighted by Gasteiger charge is 2.34. The van der Waals surface area contributed by atoms with Gasteiger partial charge in [0, 0.05) is 18.7 Å². The highest BCUT2D eigenvalue weighted by atomic mass is 35.5. The number of nitrogens with two attached hydrogens (primary N) is 1. The Labute approximate surface area is 118 Å². The fourth-order valence-electron chi connectivity index (χ4n) is 2.63. The van der Waals surface area contributed by atoms with Crippen LogP contribution in [0.3, 0.4) is 0 Å². The van der Waals surface area contributed by atoms with Crippen molar-refractivity contribution in [2.45, 2.75) is 25.8 Å². The van der Waals surface area contributed by atoms with E-state index in [4.69, 9.17) is 17.4 Å². The Hall–Kier alpha value is -0.630. The Bertz CT molecular complexity index is 569. The van der Waals surface area contributed by atoms with Crippen LogP contribution < -0.4 is 11.3 Å². The Morgan fingerprint density at radius 3 is 2.74 bits per heavy atom. The highest BCUT2D eigenvalue weighted by Crippen LogP contribution is 2.27. The lowest BCUT2D eigenvalue weighted by Gasteiger charge is -2.21. The molecule has 1 aromatic rings. The summed E-state index contributed by atoms with van der Waals surface area (Å²) in [6, 6.07) is -0.0994. The van der Waals surface area contributed by atoms with Crippen LogP contribution in [0.5, 0.6) is 0 Å². The minimum atomic E-state index is -2.91. The molecule has 0 spiro atoms. The normalized spacial score (nSPS) is 23.7. The van der Waals surface area contributed by atoms with E-state index in [0.29, 0.717) is 18.0 Å². The lowest BCUT2D eigenvalue weighted by Crippen LogP contribution is -2.43. The molecule has 108 valence electrons. The van der Waals surface area contributed by atoms with Crippen molar-refractivity contribution in [2.75, 3.05) is 11.5 Å². The Balaban J connectivity index is 2.16. The molecule has 2 atom stereocenters. The summed E-state index contributed by atoms with van der Waals surface area (Å²) >= 11 is 6.19. The molecule has 19 heavy (non-hydrogen) atoms. The first-order valence-electron chi connectivity index (χ1n) is 6.18. The zero-order chi connectivity index (χ0) is 14.2. The fourth-order valence-corrected chi connectivity index (χ4v) is 4.76. The van der Waals surface area contributed by atoms with Crippen molar-refractivity contribution >= 4 is 21.4 Å². The summed E-state index contributed by atoms with van der Waals surface area (Å²) in [5, 5.41) is 4.83. The van der Waals surface area contributed by atoms with Gasteiger partial charge in [-0.1, -0.05) is 11.6 Å². The molecule has 0 bridgehead atoms. The summed E-state index contributed by atoms with van der Waals surface area (Å²) in [6.07, 6.45) is 1.24. The summed E-state index contributed by atoms with van der Waals surface area (Å²) in [4.78, 5) is 0. The molecule has 1 saturated heterocycles. The molecule has 6 nitrogen and oxygen atoms in total. The number of aryl methyl sites for hydroxylation is 2. The van der Waals surface area contributed by atoms with Gasteiger partial charge < -0.3 is 0 Å². The van der Waals surface area contributed by atoms with Gasteiger partial charge >= 0.3 is 0 Å². The third-order valence-corrected chi connectivity index (χ3v) is 6.01. The number of nitrogens with zero attached hydrogens (tertiary/aromatic N) is 2. The number of hydrogen-bond donors (Lipinski definition) is 2. The minimum Gasteiger partial charge on any atom is -0.271 e. The van der Waals surface area contributed by atoms with Gasteiger partial charge in [0.25, 0.3) is 0 Å². The average molecular weight is 307 g/mol. The first kappa shape index (κ1) is 14.8. The molecule has 0 aliphatic carbocycles. The number of hydrazine groups is 1. The first-order chi connectivity index (χ1) is 8.84. The first-order valence-corrected chi connectivity index (χ1v) is 8.38. The summed E-state index contributed by atoms with van der Waals surface area (Å²) in [5.74, 6) is 6.05. The Morgan fingerprint density at radius 2 is 2.32 bits per heavy atom. The monoisotopic (exact) mass is 306 g/mol. The lowest BCUT2D eigenvalue weighted by atomic mass is 9.94. The summed E-state index contributed by atoms with van der Waals surface area (Å²) < 4.78 is 24.7. The molecule has 1 aliphatic rings. The predicted octanol–water partition coefficient (Wildman–Crippen LogP) is 0.191. The predicted molar refractivity (Wildman–Crippen MR) is 74.5 cm³/mol. The van der Waals surface area contributed by atoms with Crippen molar-refractivity contribution in [2.24, 2.45) is 18.8 Å². The number of rotatable bonds is 4. The number of halogens is 1. The van der Waals surface area contributed by atoms with Crippen LogP contribution in [-0.2, 0) is 23.3 Å². The quantitative estimate of drug-likeness (QED) is 0.612. The van der Waals surface area contributed by atoms with Crippen LogP contribution in [0.1, 0.15) is 17.7 Å². The summed E-state index contributed by atoms with van der Waals surface area (Å²) in [6.45, 7) is 1.89. The molecule has 3 N–H and O–H groups in total. The third-order valence-electron chi connectivity index (χ3n) is 3.74. The smallest absolute Gasteiger partial charge is 0.150 e. The average Bonchev–Trinajstić information content (AvgIpc) is 2.79. The summed E-state index contributed by atoms with van der Waals surface area (Å²) in [5.41, 5.74) is 4.52. The maximum absolute atomic E-state index is 11.5. The van der Waals surface area contributed by atoms with Crippen molar-refractivity contribution in [3.05, 3.63) is 16.4 Å². The van der Waals surface area contributed by atoms with Gasteiger partial charge in [-0.05, 0) is 25.7 Å². The topological polar surface area (TPSA) is 90.0 Å². The van der Waals surface area contributed by atoms with Crippen molar-refractivity contribution in [3.63, 3.8) is 0 Å². The van der Waals surface area contributed by atoms with Gasteiger partial charge in [0.15, 0.2) is 9.84 Å². The molecule has 0 radical (unpaired) electrons. The molecule has 1 aliphatic heterocycles. The van der Waals surface area contributed by atoms with E-state index in [-0.39, 0.29) is 23.5 Å². The third kappa shape index (κ3) is 3.10. The van der Waals surface area contributed by atoms with Crippen LogP contribution in [0.4, 0.5) is 0 Å². The van der Waals surface area contributed by atoms with Crippen LogP contribution in [0.25, 0.3) is 0 Å². The second kappa shape index (κ2) is 5.40. The molecule has 0 amide bonds. The van der Waals surface area contributed by atoms with Crippen molar-refractivity contribution in [1.82, 2.24) is 15.2 Å². The number of nitrogens with one attached hydrogen (secondary N) is 1. The Morgan fingerprint density at radius 1 is 1.63 bits per heavy atom. The maximum atomic E-state index is 11.5.